The predicted octanol–water partition coefficient (Wildman–Crippen LogP) is 3.15. The first kappa shape index (κ1) is 14.8. The molecule has 0 amide bonds. The molecule has 0 atom stereocenters. The van der Waals surface area contributed by atoms with Crippen LogP contribution in [0.2, 0.25) is 0 Å². The molecule has 2 rings (SSSR count). The molecule has 0 radical (unpaired) electrons. The van der Waals surface area contributed by atoms with Gasteiger partial charge in [-0.05, 0) is 38.1 Å². The summed E-state index contributed by atoms with van der Waals surface area (Å²) in [7, 11) is 0. The van der Waals surface area contributed by atoms with E-state index in [0.717, 1.165) is 18.8 Å². The Hall–Kier alpha value is -2.56. The van der Waals surface area contributed by atoms with Crippen LogP contribution < -0.4 is 10.3 Å². The van der Waals surface area contributed by atoms with Gasteiger partial charge < -0.3 is 10.0 Å². The van der Waals surface area contributed by atoms with Crippen molar-refractivity contribution in [1.82, 2.24) is 0 Å². The number of rotatable bonds is 5. The van der Waals surface area contributed by atoms with E-state index in [2.05, 4.69) is 29.3 Å². The van der Waals surface area contributed by atoms with Crippen molar-refractivity contribution >= 4 is 22.8 Å². The molecule has 0 aromatic heterocycles. The van der Waals surface area contributed by atoms with Crippen LogP contribution in [0.4, 0.5) is 11.4 Å². The van der Waals surface area contributed by atoms with Gasteiger partial charge in [-0.1, -0.05) is 12.2 Å². The highest BCUT2D eigenvalue weighted by atomic mass is 16.3. The molecule has 0 heterocycles. The molecule has 5 heteroatoms. The Labute approximate surface area is 124 Å². The lowest BCUT2D eigenvalue weighted by Crippen LogP contribution is -2.21. The van der Waals surface area contributed by atoms with E-state index in [1.165, 1.54) is 0 Å². The SMILES string of the molecule is CCN(CC)c1ccc(N/N=C2/C=CC=CC2=N)c(O)c1. The largest absolute Gasteiger partial charge is 0.506 e. The van der Waals surface area contributed by atoms with Crippen molar-refractivity contribution in [3.8, 4) is 5.75 Å². The smallest absolute Gasteiger partial charge is 0.142 e. The molecule has 1 aliphatic rings. The molecule has 0 fully saturated rings. The van der Waals surface area contributed by atoms with Gasteiger partial charge in [0.05, 0.1) is 11.4 Å². The Morgan fingerprint density at radius 1 is 1.19 bits per heavy atom. The number of benzene rings is 1. The average Bonchev–Trinajstić information content (AvgIpc) is 2.49. The third-order valence-electron chi connectivity index (χ3n) is 3.31. The Kier molecular flexibility index (Phi) is 4.77. The molecule has 3 N–H and O–H groups in total. The zero-order valence-electron chi connectivity index (χ0n) is 12.3. The van der Waals surface area contributed by atoms with Gasteiger partial charge in [-0.15, -0.1) is 0 Å². The van der Waals surface area contributed by atoms with E-state index in [1.807, 2.05) is 12.1 Å². The third kappa shape index (κ3) is 3.51. The minimum absolute atomic E-state index is 0.144. The second-order valence-electron chi connectivity index (χ2n) is 4.61. The Balaban J connectivity index is 2.15. The summed E-state index contributed by atoms with van der Waals surface area (Å²) in [4.78, 5) is 2.15. The van der Waals surface area contributed by atoms with Gasteiger partial charge >= 0.3 is 0 Å². The van der Waals surface area contributed by atoms with Crippen LogP contribution >= 0.6 is 0 Å². The summed E-state index contributed by atoms with van der Waals surface area (Å²) in [5.41, 5.74) is 5.18. The molecule has 1 aliphatic carbocycles. The van der Waals surface area contributed by atoms with E-state index in [1.54, 1.807) is 30.4 Å². The number of hydrogen-bond acceptors (Lipinski definition) is 5. The first-order valence-electron chi connectivity index (χ1n) is 7.01. The highest BCUT2D eigenvalue weighted by molar-refractivity contribution is 6.50. The van der Waals surface area contributed by atoms with E-state index in [-0.39, 0.29) is 5.75 Å². The lowest BCUT2D eigenvalue weighted by atomic mass is 10.1. The second-order valence-corrected chi connectivity index (χ2v) is 4.61. The third-order valence-corrected chi connectivity index (χ3v) is 3.31. The van der Waals surface area contributed by atoms with Crippen molar-refractivity contribution in [2.24, 2.45) is 5.10 Å². The number of nitrogens with one attached hydrogen (secondary N) is 2. The van der Waals surface area contributed by atoms with Gasteiger partial charge in [0.2, 0.25) is 0 Å². The van der Waals surface area contributed by atoms with Gasteiger partial charge in [0.1, 0.15) is 11.5 Å². The number of aromatic hydroxyl groups is 1. The molecule has 21 heavy (non-hydrogen) atoms. The fourth-order valence-corrected chi connectivity index (χ4v) is 2.09. The molecule has 0 unspecified atom stereocenters. The fraction of sp³-hybridized carbons (Fsp3) is 0.250. The van der Waals surface area contributed by atoms with Crippen LogP contribution in [0.15, 0.2) is 47.6 Å². The summed E-state index contributed by atoms with van der Waals surface area (Å²) in [5, 5.41) is 22.0. The van der Waals surface area contributed by atoms with Crippen molar-refractivity contribution < 1.29 is 5.11 Å². The number of hydrazone groups is 1. The van der Waals surface area contributed by atoms with Crippen molar-refractivity contribution in [2.45, 2.75) is 13.8 Å². The normalized spacial score (nSPS) is 15.5. The standard InChI is InChI=1S/C16H20N4O/c1-3-20(4-2)12-9-10-15(16(21)11-12)19-18-14-8-6-5-7-13(14)17/h5-11,17,19,21H,3-4H2,1-2H3/b17-13?,18-14-. The van der Waals surface area contributed by atoms with Crippen LogP contribution in [0.1, 0.15) is 13.8 Å². The Morgan fingerprint density at radius 3 is 2.52 bits per heavy atom. The topological polar surface area (TPSA) is 71.7 Å². The minimum atomic E-state index is 0.144. The maximum atomic E-state index is 10.1. The summed E-state index contributed by atoms with van der Waals surface area (Å²) >= 11 is 0. The molecule has 0 aliphatic heterocycles. The van der Waals surface area contributed by atoms with Crippen molar-refractivity contribution in [1.29, 1.82) is 5.41 Å². The Morgan fingerprint density at radius 2 is 1.90 bits per heavy atom. The molecule has 0 saturated carbocycles. The van der Waals surface area contributed by atoms with Gasteiger partial charge in [-0.2, -0.15) is 5.10 Å². The number of anilines is 2. The van der Waals surface area contributed by atoms with Crippen LogP contribution in [0.3, 0.4) is 0 Å². The van der Waals surface area contributed by atoms with Gasteiger partial charge in [0, 0.05) is 24.8 Å². The van der Waals surface area contributed by atoms with Crippen LogP contribution in [-0.4, -0.2) is 29.6 Å². The summed E-state index contributed by atoms with van der Waals surface area (Å²) in [6.07, 6.45) is 7.03. The van der Waals surface area contributed by atoms with E-state index < -0.39 is 0 Å². The molecule has 5 nitrogen and oxygen atoms in total. The minimum Gasteiger partial charge on any atom is -0.506 e. The molecule has 0 saturated heterocycles. The lowest BCUT2D eigenvalue weighted by Gasteiger charge is -2.21. The number of hydrogen-bond donors (Lipinski definition) is 3. The van der Waals surface area contributed by atoms with Gasteiger partial charge in [0.25, 0.3) is 0 Å². The summed E-state index contributed by atoms with van der Waals surface area (Å²) in [5.74, 6) is 0.144. The molecule has 1 aromatic carbocycles. The predicted molar refractivity (Wildman–Crippen MR) is 88.7 cm³/mol. The molecule has 1 aromatic rings. The number of nitrogens with zero attached hydrogens (tertiary/aromatic N) is 2. The number of phenols is 1. The van der Waals surface area contributed by atoms with E-state index in [9.17, 15) is 5.11 Å². The summed E-state index contributed by atoms with van der Waals surface area (Å²) < 4.78 is 0. The van der Waals surface area contributed by atoms with Crippen molar-refractivity contribution in [3.63, 3.8) is 0 Å². The maximum Gasteiger partial charge on any atom is 0.142 e. The highest BCUT2D eigenvalue weighted by Gasteiger charge is 2.07. The van der Waals surface area contributed by atoms with Gasteiger partial charge in [-0.25, -0.2) is 0 Å². The lowest BCUT2D eigenvalue weighted by molar-refractivity contribution is 0.477. The molecule has 0 bridgehead atoms. The second kappa shape index (κ2) is 6.74. The van der Waals surface area contributed by atoms with Crippen LogP contribution in [0.5, 0.6) is 5.75 Å². The Bertz CT molecular complexity index is 613. The van der Waals surface area contributed by atoms with E-state index in [4.69, 9.17) is 5.41 Å². The number of allylic oxidation sites excluding steroid dienone is 4. The van der Waals surface area contributed by atoms with Crippen LogP contribution in [0.25, 0.3) is 0 Å². The quantitative estimate of drug-likeness (QED) is 0.442. The zero-order valence-corrected chi connectivity index (χ0v) is 12.3. The highest BCUT2D eigenvalue weighted by Crippen LogP contribution is 2.28. The van der Waals surface area contributed by atoms with Crippen molar-refractivity contribution in [3.05, 3.63) is 42.5 Å². The average molecular weight is 284 g/mol. The maximum absolute atomic E-state index is 10.1. The fourth-order valence-electron chi connectivity index (χ4n) is 2.09. The number of phenolic OH excluding ortho intramolecular Hbond substituents is 1. The first-order chi connectivity index (χ1) is 10.2. The molecule has 110 valence electrons. The van der Waals surface area contributed by atoms with E-state index in [0.29, 0.717) is 17.1 Å². The van der Waals surface area contributed by atoms with Crippen LogP contribution in [0, 0.1) is 5.41 Å². The van der Waals surface area contributed by atoms with Crippen molar-refractivity contribution in [2.75, 3.05) is 23.4 Å². The summed E-state index contributed by atoms with van der Waals surface area (Å²) in [6.45, 7) is 5.93. The van der Waals surface area contributed by atoms with E-state index >= 15 is 0 Å². The van der Waals surface area contributed by atoms with Crippen LogP contribution in [-0.2, 0) is 0 Å². The first-order valence-corrected chi connectivity index (χ1v) is 7.01. The molecular formula is C16H20N4O. The zero-order chi connectivity index (χ0) is 15.2. The van der Waals surface area contributed by atoms with Gasteiger partial charge in [-0.3, -0.25) is 10.8 Å². The van der Waals surface area contributed by atoms with Gasteiger partial charge in [0.15, 0.2) is 0 Å². The summed E-state index contributed by atoms with van der Waals surface area (Å²) in [6, 6.07) is 5.45. The molecular weight excluding hydrogens is 264 g/mol. The monoisotopic (exact) mass is 284 g/mol. The molecule has 0 spiro atoms.